The molecule has 178 valence electrons. The van der Waals surface area contributed by atoms with Gasteiger partial charge in [0.25, 0.3) is 0 Å². The van der Waals surface area contributed by atoms with Gasteiger partial charge in [-0.2, -0.15) is 18.3 Å². The van der Waals surface area contributed by atoms with Gasteiger partial charge in [0, 0.05) is 29.8 Å². The largest absolute Gasteiger partial charge is 0.433 e. The molecule has 1 fully saturated rings. The molecule has 0 radical (unpaired) electrons. The highest BCUT2D eigenvalue weighted by atomic mass is 19.4. The second kappa shape index (κ2) is 8.50. The van der Waals surface area contributed by atoms with E-state index in [4.69, 9.17) is 0 Å². The molecule has 0 saturated heterocycles. The fourth-order valence-electron chi connectivity index (χ4n) is 4.71. The van der Waals surface area contributed by atoms with Crippen LogP contribution in [0.1, 0.15) is 60.8 Å². The summed E-state index contributed by atoms with van der Waals surface area (Å²) in [6.45, 7) is 1.31. The normalized spacial score (nSPS) is 16.5. The van der Waals surface area contributed by atoms with Gasteiger partial charge >= 0.3 is 6.18 Å². The average Bonchev–Trinajstić information content (AvgIpc) is 3.40. The zero-order chi connectivity index (χ0) is 24.0. The van der Waals surface area contributed by atoms with Gasteiger partial charge in [-0.1, -0.05) is 31.5 Å². The number of aromatic amines is 1. The van der Waals surface area contributed by atoms with Gasteiger partial charge in [0.2, 0.25) is 0 Å². The number of aromatic nitrogens is 6. The Morgan fingerprint density at radius 2 is 2.03 bits per heavy atom. The van der Waals surface area contributed by atoms with Crippen LogP contribution in [0.5, 0.6) is 0 Å². The Morgan fingerprint density at radius 1 is 1.24 bits per heavy atom. The number of rotatable bonds is 6. The van der Waals surface area contributed by atoms with E-state index in [2.05, 4.69) is 25.4 Å². The summed E-state index contributed by atoms with van der Waals surface area (Å²) in [6.07, 6.45) is 0.421. The molecule has 34 heavy (non-hydrogen) atoms. The fraction of sp³-hybridized carbons (Fsp3) is 0.417. The topological polar surface area (TPSA) is 92.5 Å². The van der Waals surface area contributed by atoms with Gasteiger partial charge in [0.05, 0.1) is 17.8 Å². The van der Waals surface area contributed by atoms with Crippen LogP contribution in [0, 0.1) is 5.92 Å². The van der Waals surface area contributed by atoms with E-state index < -0.39 is 17.8 Å². The fourth-order valence-corrected chi connectivity index (χ4v) is 4.71. The van der Waals surface area contributed by atoms with Gasteiger partial charge in [-0.15, -0.1) is 10.2 Å². The Hall–Kier alpha value is -3.27. The van der Waals surface area contributed by atoms with E-state index in [1.807, 2.05) is 35.9 Å². The number of benzene rings is 1. The highest BCUT2D eigenvalue weighted by Crippen LogP contribution is 2.43. The van der Waals surface area contributed by atoms with Crippen molar-refractivity contribution in [3.8, 4) is 11.3 Å². The number of nitrogens with one attached hydrogen (secondary N) is 1. The maximum Gasteiger partial charge on any atom is 0.433 e. The molecule has 5 rings (SSSR count). The molecule has 1 aromatic carbocycles. The van der Waals surface area contributed by atoms with Gasteiger partial charge in [0.15, 0.2) is 0 Å². The van der Waals surface area contributed by atoms with Crippen molar-refractivity contribution in [3.05, 3.63) is 59.4 Å². The van der Waals surface area contributed by atoms with Gasteiger partial charge in [-0.25, -0.2) is 4.98 Å². The smallest absolute Gasteiger partial charge is 0.396 e. The van der Waals surface area contributed by atoms with E-state index in [0.29, 0.717) is 28.1 Å². The number of hydrogen-bond donors (Lipinski definition) is 2. The molecular formula is C24H25F3N6O. The van der Waals surface area contributed by atoms with Crippen LogP contribution >= 0.6 is 0 Å². The molecule has 0 unspecified atom stereocenters. The van der Waals surface area contributed by atoms with E-state index in [1.165, 1.54) is 6.42 Å². The van der Waals surface area contributed by atoms with E-state index in [9.17, 15) is 18.3 Å². The zero-order valence-electron chi connectivity index (χ0n) is 18.8. The molecule has 3 heterocycles. The summed E-state index contributed by atoms with van der Waals surface area (Å²) in [5.74, 6) is 0.774. The van der Waals surface area contributed by atoms with Crippen molar-refractivity contribution in [1.82, 2.24) is 29.9 Å². The van der Waals surface area contributed by atoms with Gasteiger partial charge in [0.1, 0.15) is 23.5 Å². The molecule has 2 atom stereocenters. The molecule has 0 amide bonds. The molecular weight excluding hydrogens is 445 g/mol. The predicted octanol–water partition coefficient (Wildman–Crippen LogP) is 4.80. The Balaban J connectivity index is 1.65. The van der Waals surface area contributed by atoms with Gasteiger partial charge < -0.3 is 9.67 Å². The summed E-state index contributed by atoms with van der Waals surface area (Å²) >= 11 is 0. The zero-order valence-corrected chi connectivity index (χ0v) is 18.8. The summed E-state index contributed by atoms with van der Waals surface area (Å²) in [6, 6.07) is 8.78. The molecule has 1 saturated carbocycles. The van der Waals surface area contributed by atoms with Crippen molar-refractivity contribution >= 4 is 10.9 Å². The van der Waals surface area contributed by atoms with Crippen LogP contribution in [0.2, 0.25) is 0 Å². The first-order chi connectivity index (χ1) is 16.3. The monoisotopic (exact) mass is 470 g/mol. The first kappa shape index (κ1) is 22.5. The summed E-state index contributed by atoms with van der Waals surface area (Å²) in [5, 5.41) is 25.6. The summed E-state index contributed by atoms with van der Waals surface area (Å²) in [5.41, 5.74) is 1.70. The highest BCUT2D eigenvalue weighted by Gasteiger charge is 2.35. The third kappa shape index (κ3) is 3.85. The maximum absolute atomic E-state index is 13.6. The third-order valence-corrected chi connectivity index (χ3v) is 6.78. The van der Waals surface area contributed by atoms with Crippen molar-refractivity contribution in [3.63, 3.8) is 0 Å². The molecule has 1 aliphatic rings. The van der Waals surface area contributed by atoms with Crippen LogP contribution < -0.4 is 0 Å². The molecule has 0 bridgehead atoms. The van der Waals surface area contributed by atoms with Crippen molar-refractivity contribution in [2.45, 2.75) is 44.2 Å². The lowest BCUT2D eigenvalue weighted by atomic mass is 9.72. The first-order valence-corrected chi connectivity index (χ1v) is 11.3. The lowest BCUT2D eigenvalue weighted by Crippen LogP contribution is -2.24. The Bertz CT molecular complexity index is 1320. The average molecular weight is 470 g/mol. The second-order valence-electron chi connectivity index (χ2n) is 9.06. The third-order valence-electron chi connectivity index (χ3n) is 6.78. The van der Waals surface area contributed by atoms with Gasteiger partial charge in [-0.05, 0) is 36.5 Å². The molecule has 2 N–H and O–H groups in total. The molecule has 0 aliphatic heterocycles. The minimum Gasteiger partial charge on any atom is -0.396 e. The van der Waals surface area contributed by atoms with Crippen LogP contribution in [-0.2, 0) is 13.2 Å². The van der Waals surface area contributed by atoms with Gasteiger partial charge in [-0.3, -0.25) is 5.10 Å². The minimum atomic E-state index is -4.62. The quantitative estimate of drug-likeness (QED) is 0.422. The number of H-pyrrole nitrogens is 1. The number of aliphatic hydroxyl groups is 1. The summed E-state index contributed by atoms with van der Waals surface area (Å²) in [4.78, 5) is 3.81. The molecule has 4 aromatic rings. The van der Waals surface area contributed by atoms with Crippen molar-refractivity contribution < 1.29 is 18.3 Å². The number of nitrogens with zero attached hydrogens (tertiary/aromatic N) is 5. The van der Waals surface area contributed by atoms with Crippen molar-refractivity contribution in [1.29, 1.82) is 0 Å². The Kier molecular flexibility index (Phi) is 5.63. The Morgan fingerprint density at radius 3 is 2.65 bits per heavy atom. The molecule has 10 heteroatoms. The predicted molar refractivity (Wildman–Crippen MR) is 120 cm³/mol. The molecule has 0 spiro atoms. The van der Waals surface area contributed by atoms with Crippen LogP contribution in [0.15, 0.2) is 36.7 Å². The molecule has 3 aromatic heterocycles. The molecule has 1 aliphatic carbocycles. The van der Waals surface area contributed by atoms with E-state index in [-0.39, 0.29) is 18.2 Å². The number of hydrogen-bond acceptors (Lipinski definition) is 5. The number of pyridine rings is 1. The number of aliphatic hydroxyl groups excluding tert-OH is 1. The first-order valence-electron chi connectivity index (χ1n) is 11.3. The van der Waals surface area contributed by atoms with E-state index in [0.717, 1.165) is 30.3 Å². The lowest BCUT2D eigenvalue weighted by Gasteiger charge is -2.33. The SMILES string of the molecule is C[C@@H](CO)c1nc(C(F)(F)F)cc2c(-c3cccc([C@H](c4nncn4C)C4CCC4)c3)n[nH]c12. The summed E-state index contributed by atoms with van der Waals surface area (Å²) in [7, 11) is 1.92. The lowest BCUT2D eigenvalue weighted by molar-refractivity contribution is -0.141. The van der Waals surface area contributed by atoms with Crippen molar-refractivity contribution in [2.24, 2.45) is 13.0 Å². The summed E-state index contributed by atoms with van der Waals surface area (Å²) < 4.78 is 42.8. The minimum absolute atomic E-state index is 0.0452. The molecule has 7 nitrogen and oxygen atoms in total. The van der Waals surface area contributed by atoms with Crippen LogP contribution in [0.4, 0.5) is 13.2 Å². The number of halogens is 3. The highest BCUT2D eigenvalue weighted by molar-refractivity contribution is 5.94. The standard InChI is InChI=1S/C24H25F3N6O/c1-13(11-34)20-22-17(10-18(29-20)24(25,26)27)21(30-31-22)16-8-4-7-15(9-16)19(14-5-3-6-14)23-32-28-12-33(23)2/h4,7-10,12-14,19,34H,3,5-6,11H2,1-2H3,(H,30,31)/t13-,19+/m0/s1. The Labute approximate surface area is 194 Å². The van der Waals surface area contributed by atoms with Crippen molar-refractivity contribution in [2.75, 3.05) is 6.61 Å². The maximum atomic E-state index is 13.6. The number of aryl methyl sites for hydroxylation is 1. The van der Waals surface area contributed by atoms with E-state index >= 15 is 0 Å². The van der Waals surface area contributed by atoms with Crippen LogP contribution in [0.25, 0.3) is 22.2 Å². The second-order valence-corrected chi connectivity index (χ2v) is 9.06. The van der Waals surface area contributed by atoms with E-state index in [1.54, 1.807) is 13.3 Å². The number of alkyl halides is 3. The van der Waals surface area contributed by atoms with Crippen LogP contribution in [0.3, 0.4) is 0 Å². The number of fused-ring (bicyclic) bond motifs is 1. The van der Waals surface area contributed by atoms with Crippen LogP contribution in [-0.4, -0.2) is 41.7 Å².